The number of carbonyl (C=O) groups excluding carboxylic acids is 2. The number of aliphatic imine (C=N–C) groups is 1. The molecule has 6 N–H and O–H groups in total. The van der Waals surface area contributed by atoms with Gasteiger partial charge in [0.25, 0.3) is 0 Å². The van der Waals surface area contributed by atoms with E-state index in [0.717, 1.165) is 54.8 Å². The summed E-state index contributed by atoms with van der Waals surface area (Å²) in [5.74, 6) is 0.0292. The summed E-state index contributed by atoms with van der Waals surface area (Å²) >= 11 is 1.49. The van der Waals surface area contributed by atoms with Crippen LogP contribution >= 0.6 is 11.3 Å². The van der Waals surface area contributed by atoms with E-state index in [-0.39, 0.29) is 17.7 Å². The van der Waals surface area contributed by atoms with Crippen LogP contribution in [0.3, 0.4) is 0 Å². The first-order valence-electron chi connectivity index (χ1n) is 12.2. The van der Waals surface area contributed by atoms with Crippen molar-refractivity contribution in [3.63, 3.8) is 0 Å². The summed E-state index contributed by atoms with van der Waals surface area (Å²) in [6.45, 7) is 3.83. The number of nitrogens with two attached hydrogens (primary N) is 1. The number of rotatable bonds is 9. The van der Waals surface area contributed by atoms with Gasteiger partial charge in [0.05, 0.1) is 23.6 Å². The van der Waals surface area contributed by atoms with Gasteiger partial charge in [0.15, 0.2) is 5.13 Å². The number of anilines is 1. The first-order valence-corrected chi connectivity index (χ1v) is 13.0. The molecule has 0 bridgehead atoms. The van der Waals surface area contributed by atoms with E-state index in [4.69, 9.17) is 15.0 Å². The predicted molar refractivity (Wildman–Crippen MR) is 148 cm³/mol. The lowest BCUT2D eigenvalue weighted by molar-refractivity contribution is -0.134. The highest BCUT2D eigenvalue weighted by Gasteiger charge is 2.28. The molecule has 4 amide bonds. The van der Waals surface area contributed by atoms with E-state index >= 15 is 0 Å². The fraction of sp³-hybridized carbons (Fsp3) is 0.440. The maximum atomic E-state index is 12.5. The molecule has 1 aromatic carbocycles. The first-order chi connectivity index (χ1) is 18.4. The highest BCUT2D eigenvalue weighted by Crippen LogP contribution is 2.28. The first kappa shape index (κ1) is 31.2. The van der Waals surface area contributed by atoms with Gasteiger partial charge in [-0.2, -0.15) is 0 Å². The van der Waals surface area contributed by atoms with Crippen LogP contribution in [0.2, 0.25) is 0 Å². The van der Waals surface area contributed by atoms with Crippen molar-refractivity contribution in [1.29, 1.82) is 0 Å². The number of piperidine rings is 1. The van der Waals surface area contributed by atoms with Crippen molar-refractivity contribution in [1.82, 2.24) is 20.1 Å². The van der Waals surface area contributed by atoms with Crippen molar-refractivity contribution >= 4 is 52.5 Å². The molecule has 1 atom stereocenters. The standard InChI is InChI=1S/C24H32N6O4S.CH3NO2/c1-16(31)27-23-28-20(11-8-17-6-9-19(10-7-17)25-15-26-24(33)34)21(35-23)14-30-12-4-5-18(13-30)22(32)29(2)3;2-1(3)4/h6-7,9-10,15,18H,4-5,8,11-14H2,1-3H3,(H,25,26)(H,33,34)(H,27,28,31);2H2,(H,3,4)/t18-;/m0./s1. The number of hydrogen-bond donors (Lipinski definition) is 5. The van der Waals surface area contributed by atoms with Crippen LogP contribution in [0.25, 0.3) is 0 Å². The Morgan fingerprint density at radius 1 is 1.21 bits per heavy atom. The Morgan fingerprint density at radius 3 is 2.46 bits per heavy atom. The van der Waals surface area contributed by atoms with Crippen LogP contribution in [0.4, 0.5) is 20.4 Å². The van der Waals surface area contributed by atoms with E-state index in [1.807, 2.05) is 24.3 Å². The normalized spacial score (nSPS) is 15.2. The van der Waals surface area contributed by atoms with E-state index < -0.39 is 12.2 Å². The molecule has 14 heteroatoms. The van der Waals surface area contributed by atoms with Crippen LogP contribution in [0.5, 0.6) is 0 Å². The highest BCUT2D eigenvalue weighted by atomic mass is 32.1. The number of nitrogens with zero attached hydrogens (tertiary/aromatic N) is 4. The Bertz CT molecular complexity index is 1160. The SMILES string of the molecule is CC(=O)Nc1nc(CCc2ccc(N=CNC(=O)O)cc2)c(CN2CCC[C@H](C(=O)N(C)C)C2)s1.NC(=O)O. The number of benzene rings is 1. The minimum absolute atomic E-state index is 0.0109. The van der Waals surface area contributed by atoms with Crippen LogP contribution in [-0.4, -0.2) is 82.5 Å². The molecule has 212 valence electrons. The average Bonchev–Trinajstić information content (AvgIpc) is 3.22. The van der Waals surface area contributed by atoms with E-state index in [1.54, 1.807) is 19.0 Å². The zero-order valence-electron chi connectivity index (χ0n) is 22.2. The third kappa shape index (κ3) is 11.5. The Morgan fingerprint density at radius 2 is 1.87 bits per heavy atom. The second-order valence-electron chi connectivity index (χ2n) is 9.09. The molecule has 3 rings (SSSR count). The van der Waals surface area contributed by atoms with Gasteiger partial charge in [-0.15, -0.1) is 11.3 Å². The van der Waals surface area contributed by atoms with Crippen LogP contribution in [0, 0.1) is 5.92 Å². The fourth-order valence-electron chi connectivity index (χ4n) is 4.05. The highest BCUT2D eigenvalue weighted by molar-refractivity contribution is 7.15. The summed E-state index contributed by atoms with van der Waals surface area (Å²) in [6, 6.07) is 7.57. The third-order valence-electron chi connectivity index (χ3n) is 5.71. The largest absolute Gasteiger partial charge is 0.465 e. The monoisotopic (exact) mass is 561 g/mol. The van der Waals surface area contributed by atoms with Crippen molar-refractivity contribution in [3.05, 3.63) is 40.4 Å². The Hall–Kier alpha value is -4.04. The maximum Gasteiger partial charge on any atom is 0.409 e. The number of likely N-dealkylation sites (tertiary alicyclic amines) is 1. The Balaban J connectivity index is 0.00000124. The topological polar surface area (TPSA) is 191 Å². The quantitative estimate of drug-likeness (QED) is 0.228. The van der Waals surface area contributed by atoms with Gasteiger partial charge < -0.3 is 26.2 Å². The van der Waals surface area contributed by atoms with Crippen molar-refractivity contribution in [2.75, 3.05) is 32.5 Å². The average molecular weight is 562 g/mol. The van der Waals surface area contributed by atoms with Gasteiger partial charge >= 0.3 is 12.2 Å². The fourth-order valence-corrected chi connectivity index (χ4v) is 5.15. The second kappa shape index (κ2) is 15.4. The van der Waals surface area contributed by atoms with Crippen LogP contribution in [0.15, 0.2) is 29.3 Å². The molecule has 39 heavy (non-hydrogen) atoms. The molecule has 1 aromatic heterocycles. The van der Waals surface area contributed by atoms with Crippen LogP contribution in [-0.2, 0) is 29.0 Å². The molecule has 0 spiro atoms. The maximum absolute atomic E-state index is 12.5. The molecule has 1 fully saturated rings. The minimum Gasteiger partial charge on any atom is -0.465 e. The molecule has 13 nitrogen and oxygen atoms in total. The van der Waals surface area contributed by atoms with Gasteiger partial charge in [0, 0.05) is 39.0 Å². The molecule has 1 saturated heterocycles. The van der Waals surface area contributed by atoms with E-state index in [9.17, 15) is 14.4 Å². The number of carboxylic acid groups (broad SMARTS) is 2. The van der Waals surface area contributed by atoms with Gasteiger partial charge in [-0.1, -0.05) is 12.1 Å². The second-order valence-corrected chi connectivity index (χ2v) is 10.2. The minimum atomic E-state index is -1.33. The summed E-state index contributed by atoms with van der Waals surface area (Å²) in [5, 5.41) is 21.3. The van der Waals surface area contributed by atoms with Crippen molar-refractivity contribution < 1.29 is 29.4 Å². The predicted octanol–water partition coefficient (Wildman–Crippen LogP) is 2.74. The molecule has 0 radical (unpaired) electrons. The molecular weight excluding hydrogens is 526 g/mol. The van der Waals surface area contributed by atoms with Gasteiger partial charge in [-0.25, -0.2) is 19.6 Å². The number of amides is 4. The molecule has 0 saturated carbocycles. The molecule has 2 heterocycles. The number of aromatic nitrogens is 1. The summed E-state index contributed by atoms with van der Waals surface area (Å²) in [4.78, 5) is 57.1. The molecule has 1 aliphatic heterocycles. The lowest BCUT2D eigenvalue weighted by Gasteiger charge is -2.33. The third-order valence-corrected chi connectivity index (χ3v) is 6.71. The number of hydrogen-bond acceptors (Lipinski definition) is 8. The van der Waals surface area contributed by atoms with Crippen molar-refractivity contribution in [2.24, 2.45) is 16.6 Å². The Kier molecular flexibility index (Phi) is 12.3. The number of primary amides is 1. The zero-order valence-corrected chi connectivity index (χ0v) is 23.0. The van der Waals surface area contributed by atoms with Gasteiger partial charge in [-0.05, 0) is 49.9 Å². The Labute approximate surface area is 230 Å². The smallest absolute Gasteiger partial charge is 0.409 e. The molecule has 2 aromatic rings. The van der Waals surface area contributed by atoms with Crippen molar-refractivity contribution in [2.45, 2.75) is 39.2 Å². The summed E-state index contributed by atoms with van der Waals surface area (Å²) in [7, 11) is 3.60. The summed E-state index contributed by atoms with van der Waals surface area (Å²) in [6.07, 6.45) is 2.00. The number of carbonyl (C=O) groups is 4. The van der Waals surface area contributed by atoms with Gasteiger partial charge in [0.2, 0.25) is 11.8 Å². The molecular formula is C25H35N7O6S. The van der Waals surface area contributed by atoms with Crippen LogP contribution < -0.4 is 16.4 Å². The molecule has 0 unspecified atom stereocenters. The van der Waals surface area contributed by atoms with Gasteiger partial charge in [0.1, 0.15) is 0 Å². The zero-order chi connectivity index (χ0) is 28.9. The van der Waals surface area contributed by atoms with E-state index in [1.165, 1.54) is 18.3 Å². The number of nitrogens with one attached hydrogen (secondary N) is 2. The van der Waals surface area contributed by atoms with E-state index in [2.05, 4.69) is 31.2 Å². The van der Waals surface area contributed by atoms with Gasteiger partial charge in [-0.3, -0.25) is 19.8 Å². The molecule has 1 aliphatic rings. The number of thiazole rings is 1. The summed E-state index contributed by atoms with van der Waals surface area (Å²) < 4.78 is 0. The van der Waals surface area contributed by atoms with E-state index in [0.29, 0.717) is 23.8 Å². The lowest BCUT2D eigenvalue weighted by Crippen LogP contribution is -2.42. The molecule has 0 aliphatic carbocycles. The van der Waals surface area contributed by atoms with Crippen LogP contribution in [0.1, 0.15) is 35.9 Å². The van der Waals surface area contributed by atoms with Crippen molar-refractivity contribution in [3.8, 4) is 0 Å². The summed E-state index contributed by atoms with van der Waals surface area (Å²) in [5.41, 5.74) is 6.73. The lowest BCUT2D eigenvalue weighted by atomic mass is 9.96. The number of aryl methyl sites for hydroxylation is 2.